The third-order valence-corrected chi connectivity index (χ3v) is 4.91. The van der Waals surface area contributed by atoms with Crippen molar-refractivity contribution in [1.82, 2.24) is 9.88 Å². The van der Waals surface area contributed by atoms with Gasteiger partial charge in [-0.05, 0) is 55.0 Å². The number of benzene rings is 1. The Morgan fingerprint density at radius 1 is 1.22 bits per heavy atom. The lowest BCUT2D eigenvalue weighted by molar-refractivity contribution is -0.138. The van der Waals surface area contributed by atoms with Crippen LogP contribution in [0.1, 0.15) is 42.0 Å². The van der Waals surface area contributed by atoms with Crippen molar-refractivity contribution in [3.8, 4) is 0 Å². The number of aromatic nitrogens is 1. The summed E-state index contributed by atoms with van der Waals surface area (Å²) in [6.45, 7) is 0.624. The lowest BCUT2D eigenvalue weighted by atomic mass is 9.94. The molecule has 1 aromatic carbocycles. The maximum absolute atomic E-state index is 12.9. The Kier molecular flexibility index (Phi) is 5.79. The molecule has 1 aliphatic rings. The van der Waals surface area contributed by atoms with Crippen LogP contribution in [0.25, 0.3) is 0 Å². The summed E-state index contributed by atoms with van der Waals surface area (Å²) in [4.78, 5) is 18.8. The molecule has 2 heterocycles. The zero-order valence-electron chi connectivity index (χ0n) is 14.8. The van der Waals surface area contributed by atoms with Crippen molar-refractivity contribution in [2.24, 2.45) is 5.73 Å². The number of alkyl halides is 3. The maximum atomic E-state index is 12.9. The van der Waals surface area contributed by atoms with Gasteiger partial charge >= 0.3 is 6.18 Å². The lowest BCUT2D eigenvalue weighted by Gasteiger charge is -2.37. The van der Waals surface area contributed by atoms with E-state index in [0.717, 1.165) is 37.0 Å². The number of amides is 1. The predicted molar refractivity (Wildman–Crippen MR) is 95.7 cm³/mol. The SMILES string of the molecule is N[C@@H](Cc1ccc(C(F)(F)F)cc1)C(=O)N1CCCC[C@@H]1c1cccnc1. The summed E-state index contributed by atoms with van der Waals surface area (Å²) in [5.41, 5.74) is 6.99. The highest BCUT2D eigenvalue weighted by atomic mass is 19.4. The van der Waals surface area contributed by atoms with Crippen LogP contribution in [0, 0.1) is 0 Å². The van der Waals surface area contributed by atoms with E-state index in [1.165, 1.54) is 12.1 Å². The Morgan fingerprint density at radius 2 is 1.96 bits per heavy atom. The van der Waals surface area contributed by atoms with Crippen LogP contribution in [0.15, 0.2) is 48.8 Å². The van der Waals surface area contributed by atoms with Gasteiger partial charge in [0.2, 0.25) is 5.91 Å². The van der Waals surface area contributed by atoms with Crippen LogP contribution in [-0.2, 0) is 17.4 Å². The molecule has 27 heavy (non-hydrogen) atoms. The van der Waals surface area contributed by atoms with Crippen LogP contribution < -0.4 is 5.73 Å². The number of carbonyl (C=O) groups is 1. The third kappa shape index (κ3) is 4.66. The summed E-state index contributed by atoms with van der Waals surface area (Å²) >= 11 is 0. The molecule has 1 amide bonds. The van der Waals surface area contributed by atoms with Gasteiger partial charge in [0.1, 0.15) is 0 Å². The second kappa shape index (κ2) is 8.08. The largest absolute Gasteiger partial charge is 0.416 e. The summed E-state index contributed by atoms with van der Waals surface area (Å²) < 4.78 is 38.0. The second-order valence-corrected chi connectivity index (χ2v) is 6.83. The van der Waals surface area contributed by atoms with Gasteiger partial charge in [-0.25, -0.2) is 0 Å². The normalized spacial score (nSPS) is 19.0. The second-order valence-electron chi connectivity index (χ2n) is 6.83. The van der Waals surface area contributed by atoms with E-state index in [1.807, 2.05) is 12.1 Å². The molecule has 1 aromatic heterocycles. The minimum Gasteiger partial charge on any atom is -0.334 e. The summed E-state index contributed by atoms with van der Waals surface area (Å²) in [7, 11) is 0. The van der Waals surface area contributed by atoms with Gasteiger partial charge in [-0.1, -0.05) is 18.2 Å². The Labute approximate surface area is 156 Å². The molecule has 1 saturated heterocycles. The number of carbonyl (C=O) groups excluding carboxylic acids is 1. The number of hydrogen-bond acceptors (Lipinski definition) is 3. The molecule has 0 bridgehead atoms. The summed E-state index contributed by atoms with van der Waals surface area (Å²) in [6.07, 6.45) is 2.07. The number of likely N-dealkylation sites (tertiary alicyclic amines) is 1. The maximum Gasteiger partial charge on any atom is 0.416 e. The molecule has 2 atom stereocenters. The number of halogens is 3. The molecule has 1 aliphatic heterocycles. The Morgan fingerprint density at radius 3 is 2.59 bits per heavy atom. The van der Waals surface area contributed by atoms with E-state index in [9.17, 15) is 18.0 Å². The zero-order chi connectivity index (χ0) is 19.4. The highest BCUT2D eigenvalue weighted by molar-refractivity contribution is 5.82. The molecule has 0 unspecified atom stereocenters. The van der Waals surface area contributed by atoms with E-state index in [0.29, 0.717) is 12.1 Å². The summed E-state index contributed by atoms with van der Waals surface area (Å²) in [5, 5.41) is 0. The van der Waals surface area contributed by atoms with Gasteiger partial charge in [-0.15, -0.1) is 0 Å². The number of nitrogens with two attached hydrogens (primary N) is 1. The van der Waals surface area contributed by atoms with Crippen LogP contribution >= 0.6 is 0 Å². The molecular weight excluding hydrogens is 355 g/mol. The fourth-order valence-corrected chi connectivity index (χ4v) is 3.50. The van der Waals surface area contributed by atoms with E-state index in [4.69, 9.17) is 5.73 Å². The molecule has 3 rings (SSSR count). The zero-order valence-corrected chi connectivity index (χ0v) is 14.8. The first-order valence-corrected chi connectivity index (χ1v) is 8.98. The van der Waals surface area contributed by atoms with Crippen LogP contribution in [0.3, 0.4) is 0 Å². The van der Waals surface area contributed by atoms with Crippen LogP contribution in [0.5, 0.6) is 0 Å². The molecule has 4 nitrogen and oxygen atoms in total. The highest BCUT2D eigenvalue weighted by Gasteiger charge is 2.32. The Bertz CT molecular complexity index is 762. The molecule has 144 valence electrons. The first-order chi connectivity index (χ1) is 12.9. The van der Waals surface area contributed by atoms with Gasteiger partial charge in [0.15, 0.2) is 0 Å². The molecule has 0 saturated carbocycles. The van der Waals surface area contributed by atoms with Crippen molar-refractivity contribution in [3.63, 3.8) is 0 Å². The van der Waals surface area contributed by atoms with Crippen molar-refractivity contribution in [3.05, 3.63) is 65.5 Å². The number of rotatable bonds is 4. The summed E-state index contributed by atoms with van der Waals surface area (Å²) in [6, 6.07) is 7.74. The lowest BCUT2D eigenvalue weighted by Crippen LogP contribution is -2.48. The van der Waals surface area contributed by atoms with E-state index >= 15 is 0 Å². The molecule has 7 heteroatoms. The first-order valence-electron chi connectivity index (χ1n) is 8.98. The highest BCUT2D eigenvalue weighted by Crippen LogP contribution is 2.31. The van der Waals surface area contributed by atoms with E-state index < -0.39 is 17.8 Å². The smallest absolute Gasteiger partial charge is 0.334 e. The number of piperidine rings is 1. The van der Waals surface area contributed by atoms with Crippen LogP contribution in [0.2, 0.25) is 0 Å². The summed E-state index contributed by atoms with van der Waals surface area (Å²) in [5.74, 6) is -0.177. The van der Waals surface area contributed by atoms with Crippen molar-refractivity contribution < 1.29 is 18.0 Å². The van der Waals surface area contributed by atoms with Crippen LogP contribution in [-0.4, -0.2) is 28.4 Å². The fourth-order valence-electron chi connectivity index (χ4n) is 3.50. The van der Waals surface area contributed by atoms with E-state index in [1.54, 1.807) is 17.3 Å². The van der Waals surface area contributed by atoms with Gasteiger partial charge in [0.05, 0.1) is 17.6 Å². The van der Waals surface area contributed by atoms with E-state index in [2.05, 4.69) is 4.98 Å². The third-order valence-electron chi connectivity index (χ3n) is 4.91. The Hall–Kier alpha value is -2.41. The van der Waals surface area contributed by atoms with E-state index in [-0.39, 0.29) is 18.4 Å². The van der Waals surface area contributed by atoms with Crippen molar-refractivity contribution >= 4 is 5.91 Å². The predicted octanol–water partition coefficient (Wildman–Crippen LogP) is 3.72. The van der Waals surface area contributed by atoms with Crippen molar-refractivity contribution in [2.45, 2.75) is 43.9 Å². The fraction of sp³-hybridized carbons (Fsp3) is 0.400. The van der Waals surface area contributed by atoms with Crippen molar-refractivity contribution in [1.29, 1.82) is 0 Å². The molecular formula is C20H22F3N3O. The minimum absolute atomic E-state index is 0.0568. The molecule has 2 N–H and O–H groups in total. The minimum atomic E-state index is -4.37. The average Bonchev–Trinajstić information content (AvgIpc) is 2.68. The topological polar surface area (TPSA) is 59.2 Å². The quantitative estimate of drug-likeness (QED) is 0.883. The number of nitrogens with zero attached hydrogens (tertiary/aromatic N) is 2. The first kappa shape index (κ1) is 19.4. The molecule has 0 aliphatic carbocycles. The van der Waals surface area contributed by atoms with Gasteiger partial charge in [0.25, 0.3) is 0 Å². The van der Waals surface area contributed by atoms with Gasteiger partial charge in [0, 0.05) is 18.9 Å². The molecule has 0 radical (unpaired) electrons. The number of hydrogen-bond donors (Lipinski definition) is 1. The Balaban J connectivity index is 1.70. The number of pyridine rings is 1. The van der Waals surface area contributed by atoms with Gasteiger partial charge in [-0.2, -0.15) is 13.2 Å². The molecule has 1 fully saturated rings. The van der Waals surface area contributed by atoms with Gasteiger partial charge < -0.3 is 10.6 Å². The van der Waals surface area contributed by atoms with Gasteiger partial charge in [-0.3, -0.25) is 9.78 Å². The average molecular weight is 377 g/mol. The monoisotopic (exact) mass is 377 g/mol. The molecule has 0 spiro atoms. The van der Waals surface area contributed by atoms with Crippen molar-refractivity contribution in [2.75, 3.05) is 6.54 Å². The standard InChI is InChI=1S/C20H22F3N3O/c21-20(22,23)16-8-6-14(7-9-16)12-17(24)19(27)26-11-2-1-5-18(26)15-4-3-10-25-13-15/h3-4,6-10,13,17-18H,1-2,5,11-12,24H2/t17-,18+/m0/s1. The van der Waals surface area contributed by atoms with Crippen LogP contribution in [0.4, 0.5) is 13.2 Å². The molecule has 2 aromatic rings.